The quantitative estimate of drug-likeness (QED) is 0.641. The van der Waals surface area contributed by atoms with Gasteiger partial charge in [0.05, 0.1) is 0 Å². The van der Waals surface area contributed by atoms with Crippen molar-refractivity contribution in [1.29, 1.82) is 0 Å². The number of para-hydroxylation sites is 1. The first-order valence-corrected chi connectivity index (χ1v) is 10.0. The van der Waals surface area contributed by atoms with Crippen LogP contribution in [0.2, 0.25) is 0 Å². The zero-order chi connectivity index (χ0) is 22.5. The molecule has 0 radical (unpaired) electrons. The number of alkyl carbamates (subject to hydrolysis) is 1. The summed E-state index contributed by atoms with van der Waals surface area (Å²) in [6.07, 6.45) is -0.663. The lowest BCUT2D eigenvalue weighted by atomic mass is 10.0. The maximum Gasteiger partial charge on any atom is 0.408 e. The molecule has 0 aliphatic carbocycles. The number of carbonyl (C=O) groups is 3. The Morgan fingerprint density at radius 2 is 1.73 bits per heavy atom. The molecule has 0 unspecified atom stereocenters. The van der Waals surface area contributed by atoms with E-state index in [4.69, 9.17) is 9.15 Å². The van der Waals surface area contributed by atoms with E-state index >= 15 is 0 Å². The number of furan rings is 1. The van der Waals surface area contributed by atoms with Gasteiger partial charge in [-0.05, 0) is 45.7 Å². The molecule has 0 aliphatic heterocycles. The largest absolute Gasteiger partial charge is 0.451 e. The zero-order valence-corrected chi connectivity index (χ0v) is 18.4. The fraction of sp³-hybridized carbons (Fsp3) is 0.500. The summed E-state index contributed by atoms with van der Waals surface area (Å²) in [5, 5.41) is 9.02. The summed E-state index contributed by atoms with van der Waals surface area (Å²) in [6, 6.07) is 7.94. The Morgan fingerprint density at radius 3 is 2.33 bits per heavy atom. The molecule has 0 fully saturated rings. The fourth-order valence-corrected chi connectivity index (χ4v) is 2.69. The number of rotatable bonds is 7. The minimum absolute atomic E-state index is 0.0543. The predicted octanol–water partition coefficient (Wildman–Crippen LogP) is 3.22. The number of hydrogen-bond acceptors (Lipinski definition) is 5. The highest BCUT2D eigenvalue weighted by Gasteiger charge is 2.24. The first kappa shape index (κ1) is 23.3. The SMILES string of the molecule is CC(C)[C@@H](CNC(=O)c1cc2ccccc2o1)NC(=O)[C@H](C)NC(=O)OC(C)(C)C. The van der Waals surface area contributed by atoms with Crippen molar-refractivity contribution in [1.82, 2.24) is 16.0 Å². The Labute approximate surface area is 176 Å². The third-order valence-electron chi connectivity index (χ3n) is 4.39. The molecule has 0 bridgehead atoms. The molecule has 0 saturated heterocycles. The number of nitrogens with one attached hydrogen (secondary N) is 3. The summed E-state index contributed by atoms with van der Waals surface area (Å²) in [7, 11) is 0. The molecular weight excluding hydrogens is 386 g/mol. The van der Waals surface area contributed by atoms with Crippen molar-refractivity contribution in [3.8, 4) is 0 Å². The summed E-state index contributed by atoms with van der Waals surface area (Å²) in [6.45, 7) is 10.9. The van der Waals surface area contributed by atoms with E-state index in [0.29, 0.717) is 5.58 Å². The maximum atomic E-state index is 12.5. The summed E-state index contributed by atoms with van der Waals surface area (Å²) in [5.41, 5.74) is -0.0137. The van der Waals surface area contributed by atoms with Crippen molar-refractivity contribution >= 4 is 28.9 Å². The average Bonchev–Trinajstić information content (AvgIpc) is 3.07. The highest BCUT2D eigenvalue weighted by molar-refractivity contribution is 5.96. The van der Waals surface area contributed by atoms with Gasteiger partial charge in [-0.3, -0.25) is 9.59 Å². The van der Waals surface area contributed by atoms with Crippen LogP contribution in [0.5, 0.6) is 0 Å². The molecule has 8 heteroatoms. The topological polar surface area (TPSA) is 110 Å². The zero-order valence-electron chi connectivity index (χ0n) is 18.4. The highest BCUT2D eigenvalue weighted by Crippen LogP contribution is 2.18. The predicted molar refractivity (Wildman–Crippen MR) is 114 cm³/mol. The monoisotopic (exact) mass is 417 g/mol. The molecule has 0 aliphatic rings. The molecule has 2 atom stereocenters. The molecule has 8 nitrogen and oxygen atoms in total. The van der Waals surface area contributed by atoms with Crippen molar-refractivity contribution < 1.29 is 23.5 Å². The smallest absolute Gasteiger partial charge is 0.408 e. The molecule has 3 amide bonds. The molecule has 1 aromatic heterocycles. The average molecular weight is 418 g/mol. The van der Waals surface area contributed by atoms with Gasteiger partial charge in [0.1, 0.15) is 17.2 Å². The normalized spacial score (nSPS) is 13.6. The fourth-order valence-electron chi connectivity index (χ4n) is 2.69. The van der Waals surface area contributed by atoms with Crippen LogP contribution in [0, 0.1) is 5.92 Å². The molecule has 30 heavy (non-hydrogen) atoms. The van der Waals surface area contributed by atoms with E-state index in [1.165, 1.54) is 0 Å². The van der Waals surface area contributed by atoms with Gasteiger partial charge in [-0.25, -0.2) is 4.79 Å². The van der Waals surface area contributed by atoms with E-state index in [2.05, 4.69) is 16.0 Å². The summed E-state index contributed by atoms with van der Waals surface area (Å²) >= 11 is 0. The number of ether oxygens (including phenoxy) is 1. The van der Waals surface area contributed by atoms with Crippen molar-refractivity contribution in [2.24, 2.45) is 5.92 Å². The van der Waals surface area contributed by atoms with Crippen LogP contribution >= 0.6 is 0 Å². The maximum absolute atomic E-state index is 12.5. The van der Waals surface area contributed by atoms with Gasteiger partial charge in [-0.15, -0.1) is 0 Å². The van der Waals surface area contributed by atoms with Crippen molar-refractivity contribution in [3.63, 3.8) is 0 Å². The van der Waals surface area contributed by atoms with Crippen LogP contribution in [0.3, 0.4) is 0 Å². The molecule has 2 rings (SSSR count). The second-order valence-electron chi connectivity index (χ2n) is 8.59. The van der Waals surface area contributed by atoms with Gasteiger partial charge in [0.2, 0.25) is 5.91 Å². The Bertz CT molecular complexity index is 865. The van der Waals surface area contributed by atoms with Crippen LogP contribution in [0.1, 0.15) is 52.1 Å². The van der Waals surface area contributed by atoms with Gasteiger partial charge >= 0.3 is 6.09 Å². The molecule has 0 spiro atoms. The highest BCUT2D eigenvalue weighted by atomic mass is 16.6. The third-order valence-corrected chi connectivity index (χ3v) is 4.39. The molecule has 1 heterocycles. The summed E-state index contributed by atoms with van der Waals surface area (Å²) < 4.78 is 10.7. The van der Waals surface area contributed by atoms with Crippen LogP contribution < -0.4 is 16.0 Å². The van der Waals surface area contributed by atoms with Crippen LogP contribution in [-0.4, -0.2) is 42.1 Å². The van der Waals surface area contributed by atoms with E-state index in [0.717, 1.165) is 5.39 Å². The van der Waals surface area contributed by atoms with Crippen LogP contribution in [0.15, 0.2) is 34.7 Å². The number of fused-ring (bicyclic) bond motifs is 1. The number of carbonyl (C=O) groups excluding carboxylic acids is 3. The first-order valence-electron chi connectivity index (χ1n) is 10.0. The van der Waals surface area contributed by atoms with Gasteiger partial charge in [-0.2, -0.15) is 0 Å². The second-order valence-corrected chi connectivity index (χ2v) is 8.59. The minimum Gasteiger partial charge on any atom is -0.451 e. The van der Waals surface area contributed by atoms with Crippen molar-refractivity contribution in [2.75, 3.05) is 6.54 Å². The molecule has 2 aromatic rings. The first-order chi connectivity index (χ1) is 14.0. The van der Waals surface area contributed by atoms with Crippen LogP contribution in [0.25, 0.3) is 11.0 Å². The van der Waals surface area contributed by atoms with Gasteiger partial charge in [0, 0.05) is 18.0 Å². The van der Waals surface area contributed by atoms with Crippen molar-refractivity contribution in [2.45, 2.75) is 59.2 Å². The summed E-state index contributed by atoms with van der Waals surface area (Å²) in [5.74, 6) is -0.452. The Balaban J connectivity index is 1.91. The van der Waals surface area contributed by atoms with Crippen molar-refractivity contribution in [3.05, 3.63) is 36.1 Å². The van der Waals surface area contributed by atoms with Gasteiger partial charge in [0.15, 0.2) is 5.76 Å². The molecule has 1 aromatic carbocycles. The second kappa shape index (κ2) is 9.65. The number of hydrogen-bond donors (Lipinski definition) is 3. The van der Waals surface area contributed by atoms with E-state index < -0.39 is 17.7 Å². The van der Waals surface area contributed by atoms with E-state index in [9.17, 15) is 14.4 Å². The molecule has 0 saturated carbocycles. The standard InChI is InChI=1S/C22H31N3O5/c1-13(2)16(25-19(26)14(3)24-21(28)30-22(4,5)6)12-23-20(27)18-11-15-9-7-8-10-17(15)29-18/h7-11,13-14,16H,12H2,1-6H3,(H,23,27)(H,24,28)(H,25,26)/t14-,16+/m0/s1. The van der Waals surface area contributed by atoms with E-state index in [-0.39, 0.29) is 36.1 Å². The lowest BCUT2D eigenvalue weighted by Gasteiger charge is -2.25. The number of amides is 3. The minimum atomic E-state index is -0.785. The molecule has 164 valence electrons. The van der Waals surface area contributed by atoms with E-state index in [1.807, 2.05) is 32.0 Å². The summed E-state index contributed by atoms with van der Waals surface area (Å²) in [4.78, 5) is 36.8. The lowest BCUT2D eigenvalue weighted by molar-refractivity contribution is -0.123. The lowest BCUT2D eigenvalue weighted by Crippen LogP contribution is -2.53. The van der Waals surface area contributed by atoms with E-state index in [1.54, 1.807) is 39.8 Å². The van der Waals surface area contributed by atoms with Crippen LogP contribution in [-0.2, 0) is 9.53 Å². The number of benzene rings is 1. The van der Waals surface area contributed by atoms with Gasteiger partial charge in [0.25, 0.3) is 5.91 Å². The Kier molecular flexibility index (Phi) is 7.48. The van der Waals surface area contributed by atoms with Gasteiger partial charge in [-0.1, -0.05) is 32.0 Å². The third kappa shape index (κ3) is 6.79. The molecular formula is C22H31N3O5. The van der Waals surface area contributed by atoms with Crippen LogP contribution in [0.4, 0.5) is 4.79 Å². The Morgan fingerprint density at radius 1 is 1.07 bits per heavy atom. The molecule has 3 N–H and O–H groups in total. The Hall–Kier alpha value is -3.03. The van der Waals surface area contributed by atoms with Gasteiger partial charge < -0.3 is 25.1 Å².